The Morgan fingerprint density at radius 2 is 1.93 bits per heavy atom. The Bertz CT molecular complexity index is 1940. The van der Waals surface area contributed by atoms with E-state index < -0.39 is 0 Å². The highest BCUT2D eigenvalue weighted by molar-refractivity contribution is 7.22. The molecule has 0 aliphatic carbocycles. The van der Waals surface area contributed by atoms with Crippen molar-refractivity contribution in [3.63, 3.8) is 0 Å². The highest BCUT2D eigenvalue weighted by atomic mass is 32.1. The van der Waals surface area contributed by atoms with Crippen molar-refractivity contribution in [2.45, 2.75) is 33.3 Å². The van der Waals surface area contributed by atoms with Crippen LogP contribution in [0.15, 0.2) is 60.1 Å². The lowest BCUT2D eigenvalue weighted by atomic mass is 9.99. The van der Waals surface area contributed by atoms with E-state index in [4.69, 9.17) is 24.4 Å². The summed E-state index contributed by atoms with van der Waals surface area (Å²) in [7, 11) is 1.63. The molecule has 0 bridgehead atoms. The predicted molar refractivity (Wildman–Crippen MR) is 169 cm³/mol. The van der Waals surface area contributed by atoms with E-state index >= 15 is 0 Å². The number of hydrogen-bond donors (Lipinski definition) is 0. The van der Waals surface area contributed by atoms with Gasteiger partial charge < -0.3 is 14.4 Å². The zero-order valence-electron chi connectivity index (χ0n) is 24.1. The molecule has 11 heteroatoms. The molecule has 9 nitrogen and oxygen atoms in total. The van der Waals surface area contributed by atoms with Crippen molar-refractivity contribution in [1.29, 1.82) is 0 Å². The molecule has 1 amide bonds. The molecule has 0 unspecified atom stereocenters. The summed E-state index contributed by atoms with van der Waals surface area (Å²) in [6.07, 6.45) is 4.15. The lowest BCUT2D eigenvalue weighted by Gasteiger charge is -2.31. The minimum atomic E-state index is 0.107. The maximum Gasteiger partial charge on any atom is 0.253 e. The maximum absolute atomic E-state index is 13.0. The molecule has 1 fully saturated rings. The monoisotopic (exact) mass is 610 g/mol. The first kappa shape index (κ1) is 27.5. The summed E-state index contributed by atoms with van der Waals surface area (Å²) in [6.45, 7) is 6.12. The minimum absolute atomic E-state index is 0.107. The summed E-state index contributed by atoms with van der Waals surface area (Å²) in [5, 5.41) is 8.18. The van der Waals surface area contributed by atoms with E-state index in [1.165, 1.54) is 17.8 Å². The first-order valence-electron chi connectivity index (χ1n) is 14.2. The van der Waals surface area contributed by atoms with Crippen molar-refractivity contribution in [3.8, 4) is 32.8 Å². The number of aromatic nitrogens is 5. The molecular weight excluding hydrogens is 581 g/mol. The molecule has 0 saturated carbocycles. The number of carbonyl (C=O) groups is 1. The van der Waals surface area contributed by atoms with Crippen molar-refractivity contribution in [3.05, 3.63) is 77.1 Å². The SMILES string of the molecule is COc1cc(OCc2csc(-c3ccc(C(=O)N4CCC[C@H](C)C4)cc3)n2)c2sc(-c3cn4nc(C)ccc4n3)nc2c1. The normalized spacial score (nSPS) is 15.3. The molecule has 7 rings (SSSR count). The van der Waals surface area contributed by atoms with Crippen molar-refractivity contribution in [2.24, 2.45) is 5.92 Å². The van der Waals surface area contributed by atoms with Crippen LogP contribution in [-0.4, -0.2) is 55.6 Å². The van der Waals surface area contributed by atoms with Crippen molar-refractivity contribution in [2.75, 3.05) is 20.2 Å². The molecule has 43 heavy (non-hydrogen) atoms. The van der Waals surface area contributed by atoms with E-state index in [1.807, 2.05) is 71.9 Å². The largest absolute Gasteiger partial charge is 0.497 e. The van der Waals surface area contributed by atoms with Crippen LogP contribution in [-0.2, 0) is 6.61 Å². The topological polar surface area (TPSA) is 94.7 Å². The summed E-state index contributed by atoms with van der Waals surface area (Å²) in [4.78, 5) is 29.3. The number of fused-ring (bicyclic) bond motifs is 2. The molecule has 1 aliphatic heterocycles. The van der Waals surface area contributed by atoms with Gasteiger partial charge in [-0.25, -0.2) is 19.5 Å². The van der Waals surface area contributed by atoms with Gasteiger partial charge in [0.15, 0.2) is 5.65 Å². The highest BCUT2D eigenvalue weighted by Gasteiger charge is 2.22. The molecule has 1 atom stereocenters. The number of amides is 1. The van der Waals surface area contributed by atoms with Gasteiger partial charge >= 0.3 is 0 Å². The zero-order valence-corrected chi connectivity index (χ0v) is 25.7. The van der Waals surface area contributed by atoms with Gasteiger partial charge in [-0.15, -0.1) is 22.7 Å². The van der Waals surface area contributed by atoms with Gasteiger partial charge in [-0.1, -0.05) is 19.1 Å². The van der Waals surface area contributed by atoms with Gasteiger partial charge in [0.1, 0.15) is 33.8 Å². The van der Waals surface area contributed by atoms with E-state index in [0.717, 1.165) is 73.6 Å². The van der Waals surface area contributed by atoms with Crippen LogP contribution in [0, 0.1) is 12.8 Å². The molecule has 218 valence electrons. The summed E-state index contributed by atoms with van der Waals surface area (Å²) < 4.78 is 14.5. The Kier molecular flexibility index (Phi) is 7.28. The third-order valence-corrected chi connectivity index (χ3v) is 9.64. The number of hydrogen-bond acceptors (Lipinski definition) is 9. The van der Waals surface area contributed by atoms with Crippen LogP contribution in [0.2, 0.25) is 0 Å². The standard InChI is InChI=1S/C32H30N6O3S2/c1-19-5-4-12-37(15-19)32(39)22-9-7-21(8-10-22)30-33-23(18-42-30)17-41-27-14-24(40-3)13-25-29(27)43-31(35-25)26-16-38-28(34-26)11-6-20(2)36-38/h6-11,13-14,16,18-19H,4-5,12,15,17H2,1-3H3/t19-/m0/s1. The summed E-state index contributed by atoms with van der Waals surface area (Å²) in [5.41, 5.74) is 5.75. The van der Waals surface area contributed by atoms with Crippen LogP contribution < -0.4 is 9.47 Å². The van der Waals surface area contributed by atoms with E-state index in [2.05, 4.69) is 12.0 Å². The van der Waals surface area contributed by atoms with Crippen LogP contribution in [0.1, 0.15) is 41.5 Å². The van der Waals surface area contributed by atoms with Crippen LogP contribution in [0.4, 0.5) is 0 Å². The Labute approximate surface area is 256 Å². The fourth-order valence-electron chi connectivity index (χ4n) is 5.36. The number of likely N-dealkylation sites (tertiary alicyclic amines) is 1. The molecule has 0 spiro atoms. The lowest BCUT2D eigenvalue weighted by molar-refractivity contribution is 0.0683. The summed E-state index contributed by atoms with van der Waals surface area (Å²) in [6, 6.07) is 15.4. The molecule has 0 N–H and O–H groups in total. The number of rotatable bonds is 7. The fraction of sp³-hybridized carbons (Fsp3) is 0.281. The quantitative estimate of drug-likeness (QED) is 0.194. The van der Waals surface area contributed by atoms with E-state index in [1.54, 1.807) is 23.0 Å². The Morgan fingerprint density at radius 1 is 1.07 bits per heavy atom. The number of methoxy groups -OCH3 is 1. The maximum atomic E-state index is 13.0. The number of benzene rings is 2. The number of thiazole rings is 2. The van der Waals surface area contributed by atoms with Gasteiger partial charge in [0, 0.05) is 41.7 Å². The van der Waals surface area contributed by atoms with Crippen molar-refractivity contribution >= 4 is 44.4 Å². The fourth-order valence-corrected chi connectivity index (χ4v) is 7.14. The summed E-state index contributed by atoms with van der Waals surface area (Å²) >= 11 is 3.08. The Balaban J connectivity index is 1.08. The molecule has 2 aromatic carbocycles. The van der Waals surface area contributed by atoms with Crippen LogP contribution in [0.5, 0.6) is 11.5 Å². The second-order valence-electron chi connectivity index (χ2n) is 10.9. The van der Waals surface area contributed by atoms with Gasteiger partial charge in [-0.2, -0.15) is 5.10 Å². The number of aryl methyl sites for hydroxylation is 1. The average molecular weight is 611 g/mol. The van der Waals surface area contributed by atoms with Gasteiger partial charge in [0.2, 0.25) is 0 Å². The van der Waals surface area contributed by atoms with Crippen LogP contribution >= 0.6 is 22.7 Å². The van der Waals surface area contributed by atoms with Gasteiger partial charge in [0.05, 0.1) is 34.9 Å². The highest BCUT2D eigenvalue weighted by Crippen LogP contribution is 2.39. The zero-order chi connectivity index (χ0) is 29.5. The third kappa shape index (κ3) is 5.57. The number of nitrogens with zero attached hydrogens (tertiary/aromatic N) is 6. The smallest absolute Gasteiger partial charge is 0.253 e. The first-order chi connectivity index (χ1) is 20.9. The average Bonchev–Trinajstić information content (AvgIpc) is 3.77. The number of imidazole rings is 1. The van der Waals surface area contributed by atoms with Gasteiger partial charge in [-0.3, -0.25) is 4.79 Å². The molecule has 0 radical (unpaired) electrons. The van der Waals surface area contributed by atoms with E-state index in [9.17, 15) is 4.79 Å². The molecule has 6 aromatic rings. The predicted octanol–water partition coefficient (Wildman–Crippen LogP) is 6.90. The van der Waals surface area contributed by atoms with Crippen LogP contribution in [0.25, 0.3) is 37.1 Å². The molecule has 1 aliphatic rings. The number of piperidine rings is 1. The Hall–Kier alpha value is -4.35. The first-order valence-corrected chi connectivity index (χ1v) is 15.9. The molecule has 5 heterocycles. The second kappa shape index (κ2) is 11.4. The van der Waals surface area contributed by atoms with E-state index in [0.29, 0.717) is 24.0 Å². The Morgan fingerprint density at radius 3 is 2.74 bits per heavy atom. The van der Waals surface area contributed by atoms with Crippen molar-refractivity contribution < 1.29 is 14.3 Å². The van der Waals surface area contributed by atoms with Gasteiger partial charge in [-0.05, 0) is 49.9 Å². The van der Waals surface area contributed by atoms with Gasteiger partial charge in [0.25, 0.3) is 5.91 Å². The number of ether oxygens (including phenoxy) is 2. The van der Waals surface area contributed by atoms with E-state index in [-0.39, 0.29) is 5.91 Å². The van der Waals surface area contributed by atoms with Crippen LogP contribution in [0.3, 0.4) is 0 Å². The minimum Gasteiger partial charge on any atom is -0.497 e. The number of carbonyl (C=O) groups excluding carboxylic acids is 1. The lowest BCUT2D eigenvalue weighted by Crippen LogP contribution is -2.39. The molecular formula is C32H30N6O3S2. The summed E-state index contributed by atoms with van der Waals surface area (Å²) in [5.74, 6) is 2.01. The van der Waals surface area contributed by atoms with Crippen molar-refractivity contribution in [1.82, 2.24) is 29.5 Å². The third-order valence-electron chi connectivity index (χ3n) is 7.59. The molecule has 4 aromatic heterocycles. The molecule has 1 saturated heterocycles. The second-order valence-corrected chi connectivity index (χ2v) is 12.8.